The third kappa shape index (κ3) is 4.28. The Labute approximate surface area is 256 Å². The molecule has 8 atom stereocenters. The van der Waals surface area contributed by atoms with Gasteiger partial charge in [-0.1, -0.05) is 47.6 Å². The second-order valence-corrected chi connectivity index (χ2v) is 17.9. The van der Waals surface area contributed by atoms with E-state index in [1.807, 2.05) is 20.8 Å². The second kappa shape index (κ2) is 9.34. The standard InChI is InChI=1S/C33H47N3O6S/c1-27(2)21-9-10-31(6)22(30(21,5)16-20(18-34)26(27)39)15-24(37)33(40)23-17-29(4,36-25(38)19-35-43(8,41)42)13-11-28(23,3)12-14-32(31,33)7/h15-16,21,23,35,40H,9-14,17,19H2,1-8H3,(H,36,38)/t21-,23+,28+,29-,30-,31+,32-,33+/m0/s1. The van der Waals surface area contributed by atoms with Crippen LogP contribution in [0, 0.1) is 50.2 Å². The van der Waals surface area contributed by atoms with E-state index < -0.39 is 54.6 Å². The number of nitriles is 1. The molecule has 0 aromatic heterocycles. The molecule has 3 saturated carbocycles. The van der Waals surface area contributed by atoms with Gasteiger partial charge >= 0.3 is 0 Å². The highest BCUT2D eigenvalue weighted by Gasteiger charge is 2.75. The molecular formula is C33H47N3O6S. The predicted molar refractivity (Wildman–Crippen MR) is 162 cm³/mol. The van der Waals surface area contributed by atoms with Gasteiger partial charge in [0.2, 0.25) is 15.9 Å². The fraction of sp³-hybridized carbons (Fsp3) is 0.758. The monoisotopic (exact) mass is 613 g/mol. The van der Waals surface area contributed by atoms with Gasteiger partial charge in [-0.15, -0.1) is 0 Å². The molecule has 10 heteroatoms. The number of aliphatic hydroxyl groups is 1. The first kappa shape index (κ1) is 32.1. The summed E-state index contributed by atoms with van der Waals surface area (Å²) in [5.74, 6) is -1.48. The Kier molecular flexibility index (Phi) is 6.96. The highest BCUT2D eigenvalue weighted by molar-refractivity contribution is 7.88. The van der Waals surface area contributed by atoms with E-state index in [9.17, 15) is 33.2 Å². The highest BCUT2D eigenvalue weighted by atomic mass is 32.2. The van der Waals surface area contributed by atoms with E-state index in [0.717, 1.165) is 24.7 Å². The topological polar surface area (TPSA) is 153 Å². The van der Waals surface area contributed by atoms with Crippen LogP contribution < -0.4 is 10.0 Å². The van der Waals surface area contributed by atoms with Crippen LogP contribution in [0.5, 0.6) is 0 Å². The van der Waals surface area contributed by atoms with Gasteiger partial charge in [-0.2, -0.15) is 5.26 Å². The molecule has 0 radical (unpaired) electrons. The van der Waals surface area contributed by atoms with E-state index in [2.05, 4.69) is 43.8 Å². The Balaban J connectivity index is 1.59. The number of ketones is 2. The van der Waals surface area contributed by atoms with Crippen LogP contribution >= 0.6 is 0 Å². The van der Waals surface area contributed by atoms with Crippen molar-refractivity contribution in [1.82, 2.24) is 10.0 Å². The molecule has 0 aromatic rings. The van der Waals surface area contributed by atoms with Gasteiger partial charge in [0.15, 0.2) is 11.6 Å². The Morgan fingerprint density at radius 1 is 1.02 bits per heavy atom. The fourth-order valence-corrected chi connectivity index (χ4v) is 10.8. The Hall–Kier alpha value is -2.35. The van der Waals surface area contributed by atoms with Gasteiger partial charge in [-0.3, -0.25) is 14.4 Å². The molecule has 0 unspecified atom stereocenters. The summed E-state index contributed by atoms with van der Waals surface area (Å²) in [5, 5.41) is 25.9. The maximum atomic E-state index is 14.5. The van der Waals surface area contributed by atoms with Gasteiger partial charge < -0.3 is 10.4 Å². The van der Waals surface area contributed by atoms with Crippen molar-refractivity contribution in [1.29, 1.82) is 5.26 Å². The molecule has 3 fully saturated rings. The first-order valence-electron chi connectivity index (χ1n) is 15.5. The summed E-state index contributed by atoms with van der Waals surface area (Å²) in [6, 6.07) is 2.12. The second-order valence-electron chi connectivity index (χ2n) is 16.1. The molecular weight excluding hydrogens is 566 g/mol. The lowest BCUT2D eigenvalue weighted by atomic mass is 9.33. The van der Waals surface area contributed by atoms with Gasteiger partial charge in [0.1, 0.15) is 11.7 Å². The summed E-state index contributed by atoms with van der Waals surface area (Å²) >= 11 is 0. The fourth-order valence-electron chi connectivity index (χ4n) is 10.4. The van der Waals surface area contributed by atoms with Crippen LogP contribution in [-0.4, -0.2) is 54.9 Å². The molecule has 0 spiro atoms. The van der Waals surface area contributed by atoms with Gasteiger partial charge in [0, 0.05) is 27.7 Å². The molecule has 0 saturated heterocycles. The average Bonchev–Trinajstić information content (AvgIpc) is 2.90. The highest BCUT2D eigenvalue weighted by Crippen LogP contribution is 2.75. The number of amides is 1. The van der Waals surface area contributed by atoms with E-state index >= 15 is 0 Å². The number of fused-ring (bicyclic) bond motifs is 7. The number of sulfonamides is 1. The van der Waals surface area contributed by atoms with Crippen molar-refractivity contribution in [2.24, 2.45) is 38.9 Å². The van der Waals surface area contributed by atoms with Gasteiger partial charge in [0.05, 0.1) is 18.4 Å². The minimum atomic E-state index is -3.54. The largest absolute Gasteiger partial charge is 0.381 e. The number of rotatable bonds is 4. The van der Waals surface area contributed by atoms with Crippen molar-refractivity contribution in [3.63, 3.8) is 0 Å². The van der Waals surface area contributed by atoms with Crippen LogP contribution in [0.2, 0.25) is 0 Å². The summed E-state index contributed by atoms with van der Waals surface area (Å²) in [7, 11) is -3.54. The molecule has 43 heavy (non-hydrogen) atoms. The number of nitrogens with zero attached hydrogens (tertiary/aromatic N) is 1. The number of carbonyl (C=O) groups excluding carboxylic acids is 3. The number of nitrogens with one attached hydrogen (secondary N) is 2. The quantitative estimate of drug-likeness (QED) is 0.437. The lowest BCUT2D eigenvalue weighted by molar-refractivity contribution is -0.240. The Morgan fingerprint density at radius 3 is 2.26 bits per heavy atom. The summed E-state index contributed by atoms with van der Waals surface area (Å²) in [5.41, 5.74) is -4.58. The average molecular weight is 614 g/mol. The lowest BCUT2D eigenvalue weighted by Gasteiger charge is -2.71. The zero-order valence-corrected chi connectivity index (χ0v) is 27.6. The zero-order chi connectivity index (χ0) is 32.2. The lowest BCUT2D eigenvalue weighted by Crippen LogP contribution is -2.74. The van der Waals surface area contributed by atoms with E-state index in [4.69, 9.17) is 0 Å². The van der Waals surface area contributed by atoms with Crippen molar-refractivity contribution < 1.29 is 27.9 Å². The van der Waals surface area contributed by atoms with Crippen molar-refractivity contribution in [2.45, 2.75) is 105 Å². The SMILES string of the molecule is CC1(C)C(=O)C(C#N)=C[C@]2(C)C3=CC(=O)[C@]4(O)[C@@H]5C[C@@](C)(NC(=O)CNS(C)(=O)=O)CC[C@]5(C)CC[C@@]4(C)[C@]3(C)CC[C@@H]12. The number of Topliss-reactive ketones (excluding diaryl/α,β-unsaturated/α-hetero) is 1. The summed E-state index contributed by atoms with van der Waals surface area (Å²) in [6.07, 6.45) is 9.06. The first-order valence-corrected chi connectivity index (χ1v) is 17.4. The van der Waals surface area contributed by atoms with Crippen LogP contribution in [0.3, 0.4) is 0 Å². The minimum Gasteiger partial charge on any atom is -0.381 e. The number of allylic oxidation sites excluding steroid dienone is 3. The zero-order valence-electron chi connectivity index (χ0n) is 26.8. The van der Waals surface area contributed by atoms with E-state index in [0.29, 0.717) is 32.1 Å². The molecule has 0 aromatic carbocycles. The van der Waals surface area contributed by atoms with Crippen molar-refractivity contribution in [3.05, 3.63) is 23.3 Å². The Bertz CT molecular complexity index is 1520. The van der Waals surface area contributed by atoms with Gasteiger partial charge in [-0.05, 0) is 80.3 Å². The van der Waals surface area contributed by atoms with Crippen molar-refractivity contribution >= 4 is 27.5 Å². The molecule has 3 N–H and O–H groups in total. The third-order valence-corrected chi connectivity index (χ3v) is 13.9. The van der Waals surface area contributed by atoms with Crippen molar-refractivity contribution in [3.8, 4) is 6.07 Å². The van der Waals surface area contributed by atoms with Crippen LogP contribution in [0.25, 0.3) is 0 Å². The third-order valence-electron chi connectivity index (χ3n) is 13.2. The number of hydrogen-bond donors (Lipinski definition) is 3. The molecule has 5 aliphatic rings. The van der Waals surface area contributed by atoms with Crippen LogP contribution in [0.1, 0.15) is 93.4 Å². The van der Waals surface area contributed by atoms with Crippen molar-refractivity contribution in [2.75, 3.05) is 12.8 Å². The molecule has 5 aliphatic carbocycles. The van der Waals surface area contributed by atoms with E-state index in [-0.39, 0.29) is 35.0 Å². The predicted octanol–water partition coefficient (Wildman–Crippen LogP) is 3.74. The summed E-state index contributed by atoms with van der Waals surface area (Å²) in [4.78, 5) is 40.6. The minimum absolute atomic E-state index is 0.0888. The molecule has 1 amide bonds. The van der Waals surface area contributed by atoms with Crippen LogP contribution in [0.15, 0.2) is 23.3 Å². The van der Waals surface area contributed by atoms with Gasteiger partial charge in [0.25, 0.3) is 0 Å². The molecule has 5 rings (SSSR count). The first-order chi connectivity index (χ1) is 19.5. The summed E-state index contributed by atoms with van der Waals surface area (Å²) < 4.78 is 25.3. The molecule has 9 nitrogen and oxygen atoms in total. The van der Waals surface area contributed by atoms with Crippen LogP contribution in [-0.2, 0) is 24.4 Å². The van der Waals surface area contributed by atoms with E-state index in [1.54, 1.807) is 12.2 Å². The van der Waals surface area contributed by atoms with Gasteiger partial charge in [-0.25, -0.2) is 13.1 Å². The molecule has 0 bridgehead atoms. The number of hydrogen-bond acceptors (Lipinski definition) is 7. The molecule has 0 aliphatic heterocycles. The smallest absolute Gasteiger partial charge is 0.235 e. The van der Waals surface area contributed by atoms with E-state index in [1.165, 1.54) is 0 Å². The summed E-state index contributed by atoms with van der Waals surface area (Å²) in [6.45, 7) is 13.8. The molecule has 0 heterocycles. The normalized spacial score (nSPS) is 45.3. The molecule has 236 valence electrons. The maximum Gasteiger partial charge on any atom is 0.235 e. The van der Waals surface area contributed by atoms with Crippen LogP contribution in [0.4, 0.5) is 0 Å². The number of carbonyl (C=O) groups is 3. The Morgan fingerprint density at radius 2 is 1.65 bits per heavy atom. The maximum absolute atomic E-state index is 14.5.